The molecule has 0 fully saturated rings. The summed E-state index contributed by atoms with van der Waals surface area (Å²) < 4.78 is 0. The normalized spacial score (nSPS) is 11.1. The molecule has 0 spiro atoms. The zero-order chi connectivity index (χ0) is 14.9. The first-order valence-corrected chi connectivity index (χ1v) is 8.29. The van der Waals surface area contributed by atoms with Gasteiger partial charge in [0.05, 0.1) is 0 Å². The van der Waals surface area contributed by atoms with Gasteiger partial charge in [0, 0.05) is 6.42 Å². The highest BCUT2D eigenvalue weighted by molar-refractivity contribution is 5.75. The molecule has 0 aliphatic carbocycles. The number of unbranched alkanes of at least 4 members (excludes halogenated alkanes) is 8. The Morgan fingerprint density at radius 3 is 1.90 bits per heavy atom. The van der Waals surface area contributed by atoms with Crippen molar-refractivity contribution in [3.63, 3.8) is 0 Å². The van der Waals surface area contributed by atoms with E-state index in [2.05, 4.69) is 31.2 Å². The summed E-state index contributed by atoms with van der Waals surface area (Å²) in [6.07, 6.45) is 22.3. The fraction of sp³-hybridized carbons (Fsp3) is 0.722. The van der Waals surface area contributed by atoms with Crippen molar-refractivity contribution in [1.29, 1.82) is 0 Å². The van der Waals surface area contributed by atoms with Crippen LogP contribution in [0.2, 0.25) is 0 Å². The number of carboxylic acid groups (broad SMARTS) is 1. The zero-order valence-corrected chi connectivity index (χ0v) is 13.2. The molecule has 0 aromatic rings. The number of hydrogen-bond acceptors (Lipinski definition) is 1. The van der Waals surface area contributed by atoms with Crippen LogP contribution in [-0.4, -0.2) is 22.0 Å². The molecule has 0 aliphatic rings. The molecule has 0 aromatic carbocycles. The number of rotatable bonds is 14. The molecule has 0 atom stereocenters. The Kier molecular flexibility index (Phi) is 20.5. The van der Waals surface area contributed by atoms with Gasteiger partial charge in [-0.05, 0) is 49.5 Å². The Labute approximate surface area is 135 Å². The van der Waals surface area contributed by atoms with Crippen molar-refractivity contribution in [2.24, 2.45) is 0 Å². The van der Waals surface area contributed by atoms with Crippen LogP contribution in [0.25, 0.3) is 0 Å². The summed E-state index contributed by atoms with van der Waals surface area (Å²) in [6.45, 7) is 2.23. The molecule has 0 aromatic heterocycles. The average molecular weight is 313 g/mol. The van der Waals surface area contributed by atoms with Crippen molar-refractivity contribution in [1.82, 2.24) is 0 Å². The lowest BCUT2D eigenvalue weighted by atomic mass is 10.1. The predicted molar refractivity (Wildman–Crippen MR) is 98.3 cm³/mol. The van der Waals surface area contributed by atoms with E-state index in [0.29, 0.717) is 6.42 Å². The van der Waals surface area contributed by atoms with Crippen molar-refractivity contribution in [2.45, 2.75) is 84.0 Å². The second-order valence-corrected chi connectivity index (χ2v) is 5.37. The molecule has 0 unspecified atom stereocenters. The van der Waals surface area contributed by atoms with Crippen LogP contribution in [0.4, 0.5) is 0 Å². The van der Waals surface area contributed by atoms with Crippen LogP contribution in [0, 0.1) is 0 Å². The zero-order valence-electron chi connectivity index (χ0n) is 13.2. The quantitative estimate of drug-likeness (QED) is 0.293. The largest absolute Gasteiger partial charge is 0.481 e. The Balaban J connectivity index is 0. The highest BCUT2D eigenvalue weighted by atomic mass is 28.1. The molecular weight excluding hydrogens is 276 g/mol. The first kappa shape index (κ1) is 22.4. The average Bonchev–Trinajstić information content (AvgIpc) is 2.43. The van der Waals surface area contributed by atoms with E-state index in [1.165, 1.54) is 44.9 Å². The molecule has 0 bridgehead atoms. The molecule has 2 nitrogen and oxygen atoms in total. The minimum atomic E-state index is -0.671. The maximum absolute atomic E-state index is 10.3. The Morgan fingerprint density at radius 1 is 0.810 bits per heavy atom. The van der Waals surface area contributed by atoms with Gasteiger partial charge in [-0.2, -0.15) is 0 Å². The Bertz CT molecular complexity index is 272. The fourth-order valence-corrected chi connectivity index (χ4v) is 2.09. The van der Waals surface area contributed by atoms with Gasteiger partial charge in [-0.25, -0.2) is 0 Å². The lowest BCUT2D eigenvalue weighted by molar-refractivity contribution is -0.137. The minimum absolute atomic E-state index is 0. The van der Waals surface area contributed by atoms with Gasteiger partial charge in [0.15, 0.2) is 0 Å². The molecule has 0 amide bonds. The second kappa shape index (κ2) is 19.2. The maximum atomic E-state index is 10.3. The monoisotopic (exact) mass is 312 g/mol. The molecule has 0 heterocycles. The van der Waals surface area contributed by atoms with Crippen LogP contribution >= 0.6 is 0 Å². The number of aliphatic carboxylic acids is 1. The number of allylic oxidation sites excluding steroid dienone is 4. The molecule has 0 saturated heterocycles. The molecule has 21 heavy (non-hydrogen) atoms. The second-order valence-electron chi connectivity index (χ2n) is 5.37. The van der Waals surface area contributed by atoms with Crippen molar-refractivity contribution in [2.75, 3.05) is 0 Å². The molecule has 124 valence electrons. The smallest absolute Gasteiger partial charge is 0.303 e. The van der Waals surface area contributed by atoms with E-state index in [1.807, 2.05) is 0 Å². The molecule has 0 aliphatic heterocycles. The molecule has 0 radical (unpaired) electrons. The first-order chi connectivity index (χ1) is 9.77. The summed E-state index contributed by atoms with van der Waals surface area (Å²) in [4.78, 5) is 10.3. The SMILES string of the molecule is CCCCC/C=C\C/C=C\CCCCCCCC(=O)O.[SiH4]. The summed E-state index contributed by atoms with van der Waals surface area (Å²) in [5.74, 6) is -0.671. The van der Waals surface area contributed by atoms with E-state index in [0.717, 1.165) is 25.7 Å². The van der Waals surface area contributed by atoms with Gasteiger partial charge >= 0.3 is 5.97 Å². The van der Waals surface area contributed by atoms with Crippen LogP contribution in [0.5, 0.6) is 0 Å². The third-order valence-corrected chi connectivity index (χ3v) is 3.34. The Morgan fingerprint density at radius 2 is 1.33 bits per heavy atom. The summed E-state index contributed by atoms with van der Waals surface area (Å²) in [5.41, 5.74) is 0. The molecule has 0 rings (SSSR count). The van der Waals surface area contributed by atoms with Crippen molar-refractivity contribution < 1.29 is 9.90 Å². The molecule has 3 heteroatoms. The van der Waals surface area contributed by atoms with Gasteiger partial charge < -0.3 is 5.11 Å². The van der Waals surface area contributed by atoms with Gasteiger partial charge in [-0.15, -0.1) is 0 Å². The Hall–Kier alpha value is -0.833. The van der Waals surface area contributed by atoms with E-state index >= 15 is 0 Å². The van der Waals surface area contributed by atoms with Crippen LogP contribution in [0.3, 0.4) is 0 Å². The van der Waals surface area contributed by atoms with Gasteiger partial charge in [0.25, 0.3) is 0 Å². The molecule has 1 N–H and O–H groups in total. The summed E-state index contributed by atoms with van der Waals surface area (Å²) in [6, 6.07) is 0. The predicted octanol–water partition coefficient (Wildman–Crippen LogP) is 4.43. The maximum Gasteiger partial charge on any atom is 0.303 e. The standard InChI is InChI=1S/C18H32O2.H4Si/c1-2-3-4-5-6-7-8-9-10-11-12-13-14-15-16-17-18(19)20;/h6-7,9-10H,2-5,8,11-17H2,1H3,(H,19,20);1H4/b7-6-,10-9-;. The van der Waals surface area contributed by atoms with Gasteiger partial charge in [-0.1, -0.05) is 63.3 Å². The van der Waals surface area contributed by atoms with Crippen LogP contribution < -0.4 is 0 Å². The molecule has 0 saturated carbocycles. The van der Waals surface area contributed by atoms with Crippen LogP contribution in [0.1, 0.15) is 84.0 Å². The van der Waals surface area contributed by atoms with Gasteiger partial charge in [-0.3, -0.25) is 4.79 Å². The van der Waals surface area contributed by atoms with E-state index < -0.39 is 5.97 Å². The van der Waals surface area contributed by atoms with E-state index in [1.54, 1.807) is 0 Å². The number of hydrogen-bond donors (Lipinski definition) is 1. The first-order valence-electron chi connectivity index (χ1n) is 8.29. The fourth-order valence-electron chi connectivity index (χ4n) is 2.09. The topological polar surface area (TPSA) is 37.3 Å². The van der Waals surface area contributed by atoms with E-state index in [4.69, 9.17) is 5.11 Å². The van der Waals surface area contributed by atoms with Crippen molar-refractivity contribution in [3.05, 3.63) is 24.3 Å². The van der Waals surface area contributed by atoms with Crippen molar-refractivity contribution in [3.8, 4) is 0 Å². The van der Waals surface area contributed by atoms with Crippen LogP contribution in [0.15, 0.2) is 24.3 Å². The minimum Gasteiger partial charge on any atom is -0.481 e. The van der Waals surface area contributed by atoms with Crippen LogP contribution in [-0.2, 0) is 4.79 Å². The van der Waals surface area contributed by atoms with E-state index in [9.17, 15) is 4.79 Å². The third-order valence-electron chi connectivity index (χ3n) is 3.34. The summed E-state index contributed by atoms with van der Waals surface area (Å²) >= 11 is 0. The lowest BCUT2D eigenvalue weighted by Gasteiger charge is -1.98. The summed E-state index contributed by atoms with van der Waals surface area (Å²) in [5, 5.41) is 8.50. The van der Waals surface area contributed by atoms with Gasteiger partial charge in [0.2, 0.25) is 0 Å². The summed E-state index contributed by atoms with van der Waals surface area (Å²) in [7, 11) is 0. The van der Waals surface area contributed by atoms with E-state index in [-0.39, 0.29) is 11.0 Å². The highest BCUT2D eigenvalue weighted by Crippen LogP contribution is 2.08. The third kappa shape index (κ3) is 21.6. The number of carboxylic acids is 1. The molecular formula is C18H36O2Si. The number of carbonyl (C=O) groups is 1. The van der Waals surface area contributed by atoms with Gasteiger partial charge in [0.1, 0.15) is 0 Å². The lowest BCUT2D eigenvalue weighted by Crippen LogP contribution is -1.93. The highest BCUT2D eigenvalue weighted by Gasteiger charge is 1.95. The van der Waals surface area contributed by atoms with Crippen molar-refractivity contribution >= 4 is 16.9 Å².